The van der Waals surface area contributed by atoms with E-state index in [4.69, 9.17) is 0 Å². The molecule has 6 nitrogen and oxygen atoms in total. The van der Waals surface area contributed by atoms with Gasteiger partial charge in [-0.05, 0) is 69.3 Å². The Bertz CT molecular complexity index is 1160. The number of benzene rings is 2. The first-order valence-electron chi connectivity index (χ1n) is 12.1. The second-order valence-corrected chi connectivity index (χ2v) is 9.48. The molecule has 1 aliphatic carbocycles. The minimum absolute atomic E-state index is 0.298. The van der Waals surface area contributed by atoms with E-state index in [1.165, 1.54) is 4.90 Å². The summed E-state index contributed by atoms with van der Waals surface area (Å²) in [7, 11) is 0. The third-order valence-electron chi connectivity index (χ3n) is 7.21. The Morgan fingerprint density at radius 3 is 2.47 bits per heavy atom. The van der Waals surface area contributed by atoms with E-state index in [0.717, 1.165) is 25.9 Å². The van der Waals surface area contributed by atoms with Crippen molar-refractivity contribution >= 4 is 11.7 Å². The van der Waals surface area contributed by atoms with Gasteiger partial charge in [-0.2, -0.15) is 5.26 Å². The van der Waals surface area contributed by atoms with Crippen LogP contribution < -0.4 is 5.32 Å². The van der Waals surface area contributed by atoms with Gasteiger partial charge in [0.1, 0.15) is 0 Å². The van der Waals surface area contributed by atoms with Crippen molar-refractivity contribution < 1.29 is 27.5 Å². The van der Waals surface area contributed by atoms with E-state index in [9.17, 15) is 32.7 Å². The maximum atomic E-state index is 14.2. The Morgan fingerprint density at radius 1 is 1.11 bits per heavy atom. The number of aliphatic hydroxyl groups is 1. The van der Waals surface area contributed by atoms with Crippen LogP contribution in [0.1, 0.15) is 49.7 Å². The van der Waals surface area contributed by atoms with Gasteiger partial charge in [0.25, 0.3) is 0 Å². The van der Waals surface area contributed by atoms with Crippen LogP contribution in [0.15, 0.2) is 30.3 Å². The van der Waals surface area contributed by atoms with Crippen molar-refractivity contribution in [1.82, 2.24) is 9.80 Å². The molecule has 192 valence electrons. The van der Waals surface area contributed by atoms with Gasteiger partial charge >= 0.3 is 6.03 Å². The monoisotopic (exact) mass is 504 g/mol. The molecule has 0 aromatic heterocycles. The van der Waals surface area contributed by atoms with Crippen LogP contribution in [-0.2, 0) is 5.60 Å². The SMILES string of the molecule is N#Cc1cccc(C2(O)CCC(N(CCN3CCCC3)C(=O)Nc3cc(F)c(F)c(F)c3F)CC2)c1. The van der Waals surface area contributed by atoms with Crippen LogP contribution in [-0.4, -0.2) is 53.2 Å². The van der Waals surface area contributed by atoms with Gasteiger partial charge in [-0.25, -0.2) is 22.4 Å². The first-order valence-corrected chi connectivity index (χ1v) is 12.1. The molecule has 0 unspecified atom stereocenters. The lowest BCUT2D eigenvalue weighted by Gasteiger charge is -2.41. The summed E-state index contributed by atoms with van der Waals surface area (Å²) in [5, 5.41) is 22.6. The molecular weight excluding hydrogens is 476 g/mol. The number of anilines is 1. The van der Waals surface area contributed by atoms with E-state index in [1.54, 1.807) is 24.3 Å². The molecular formula is C26H28F4N4O2. The smallest absolute Gasteiger partial charge is 0.322 e. The fraction of sp³-hybridized carbons (Fsp3) is 0.462. The van der Waals surface area contributed by atoms with Crippen LogP contribution in [0.25, 0.3) is 0 Å². The van der Waals surface area contributed by atoms with Gasteiger partial charge in [0.15, 0.2) is 23.3 Å². The topological polar surface area (TPSA) is 79.6 Å². The minimum atomic E-state index is -1.99. The number of carbonyl (C=O) groups is 1. The maximum Gasteiger partial charge on any atom is 0.322 e. The Hall–Kier alpha value is -3.16. The molecule has 2 aromatic rings. The van der Waals surface area contributed by atoms with Crippen molar-refractivity contribution in [3.63, 3.8) is 0 Å². The summed E-state index contributed by atoms with van der Waals surface area (Å²) in [5.41, 5.74) is -0.860. The predicted octanol–water partition coefficient (Wildman–Crippen LogP) is 4.87. The van der Waals surface area contributed by atoms with Crippen LogP contribution in [0.5, 0.6) is 0 Å². The largest absolute Gasteiger partial charge is 0.385 e. The van der Waals surface area contributed by atoms with Crippen LogP contribution in [0, 0.1) is 34.6 Å². The Balaban J connectivity index is 1.51. The molecule has 0 radical (unpaired) electrons. The Kier molecular flexibility index (Phi) is 7.81. The van der Waals surface area contributed by atoms with E-state index >= 15 is 0 Å². The highest BCUT2D eigenvalue weighted by Crippen LogP contribution is 2.39. The molecule has 1 aliphatic heterocycles. The van der Waals surface area contributed by atoms with Gasteiger partial charge in [0, 0.05) is 25.2 Å². The van der Waals surface area contributed by atoms with Crippen molar-refractivity contribution in [3.8, 4) is 6.07 Å². The number of nitrogens with one attached hydrogen (secondary N) is 1. The van der Waals surface area contributed by atoms with Gasteiger partial charge in [0.2, 0.25) is 0 Å². The number of rotatable bonds is 6. The number of urea groups is 1. The molecule has 2 N–H and O–H groups in total. The lowest BCUT2D eigenvalue weighted by atomic mass is 9.77. The van der Waals surface area contributed by atoms with Gasteiger partial charge in [0.05, 0.1) is 22.9 Å². The van der Waals surface area contributed by atoms with Crippen molar-refractivity contribution in [1.29, 1.82) is 5.26 Å². The molecule has 0 bridgehead atoms. The lowest BCUT2D eigenvalue weighted by molar-refractivity contribution is -0.0198. The van der Waals surface area contributed by atoms with Crippen LogP contribution in [0.3, 0.4) is 0 Å². The van der Waals surface area contributed by atoms with E-state index in [2.05, 4.69) is 16.3 Å². The fourth-order valence-corrected chi connectivity index (χ4v) is 5.11. The molecule has 10 heteroatoms. The zero-order valence-electron chi connectivity index (χ0n) is 19.7. The molecule has 0 atom stereocenters. The summed E-state index contributed by atoms with van der Waals surface area (Å²) in [6, 6.07) is 8.20. The zero-order valence-corrected chi connectivity index (χ0v) is 19.7. The zero-order chi connectivity index (χ0) is 25.9. The number of amides is 2. The first-order chi connectivity index (χ1) is 17.2. The molecule has 1 saturated carbocycles. The number of hydrogen-bond acceptors (Lipinski definition) is 4. The fourth-order valence-electron chi connectivity index (χ4n) is 5.11. The van der Waals surface area contributed by atoms with E-state index in [1.807, 2.05) is 0 Å². The number of halogens is 4. The van der Waals surface area contributed by atoms with E-state index in [0.29, 0.717) is 56.0 Å². The highest BCUT2D eigenvalue weighted by atomic mass is 19.2. The summed E-state index contributed by atoms with van der Waals surface area (Å²) in [5.74, 6) is -7.20. The summed E-state index contributed by atoms with van der Waals surface area (Å²) < 4.78 is 54.9. The van der Waals surface area contributed by atoms with Crippen LogP contribution >= 0.6 is 0 Å². The van der Waals surface area contributed by atoms with Crippen LogP contribution in [0.4, 0.5) is 28.0 Å². The number of nitrogens with zero attached hydrogens (tertiary/aromatic N) is 3. The van der Waals surface area contributed by atoms with E-state index < -0.39 is 40.6 Å². The highest BCUT2D eigenvalue weighted by Gasteiger charge is 2.38. The predicted molar refractivity (Wildman–Crippen MR) is 125 cm³/mol. The number of hydrogen-bond donors (Lipinski definition) is 2. The quantitative estimate of drug-likeness (QED) is 0.334. The third-order valence-corrected chi connectivity index (χ3v) is 7.21. The summed E-state index contributed by atoms with van der Waals surface area (Å²) in [6.07, 6.45) is 3.63. The Morgan fingerprint density at radius 2 is 1.81 bits per heavy atom. The van der Waals surface area contributed by atoms with Gasteiger partial charge in [-0.15, -0.1) is 0 Å². The normalized spacial score (nSPS) is 22.3. The Labute approximate surface area is 207 Å². The van der Waals surface area contributed by atoms with Crippen molar-refractivity contribution in [2.75, 3.05) is 31.5 Å². The number of carbonyl (C=O) groups excluding carboxylic acids is 1. The first kappa shape index (κ1) is 25.9. The molecule has 36 heavy (non-hydrogen) atoms. The van der Waals surface area contributed by atoms with Gasteiger partial charge < -0.3 is 20.2 Å². The summed E-state index contributed by atoms with van der Waals surface area (Å²) in [6.45, 7) is 2.68. The molecule has 1 heterocycles. The molecule has 2 amide bonds. The highest BCUT2D eigenvalue weighted by molar-refractivity contribution is 5.89. The molecule has 4 rings (SSSR count). The maximum absolute atomic E-state index is 14.2. The minimum Gasteiger partial charge on any atom is -0.385 e. The second kappa shape index (κ2) is 10.8. The van der Waals surface area contributed by atoms with Gasteiger partial charge in [-0.1, -0.05) is 12.1 Å². The van der Waals surface area contributed by atoms with Crippen LogP contribution in [0.2, 0.25) is 0 Å². The second-order valence-electron chi connectivity index (χ2n) is 9.48. The number of nitriles is 1. The molecule has 0 spiro atoms. The molecule has 1 saturated heterocycles. The average molecular weight is 505 g/mol. The third kappa shape index (κ3) is 5.47. The molecule has 2 fully saturated rings. The lowest BCUT2D eigenvalue weighted by Crippen LogP contribution is -2.49. The standard InChI is InChI=1S/C26H28F4N4O2/c27-20-15-21(23(29)24(30)22(20)28)32-25(35)34(13-12-33-10-1-2-11-33)19-6-8-26(36,9-7-19)18-5-3-4-17(14-18)16-31/h3-5,14-15,19,36H,1-2,6-13H2,(H,32,35). The van der Waals surface area contributed by atoms with Crippen molar-refractivity contribution in [2.24, 2.45) is 0 Å². The molecule has 2 aromatic carbocycles. The van der Waals surface area contributed by atoms with Crippen molar-refractivity contribution in [3.05, 3.63) is 64.7 Å². The molecule has 2 aliphatic rings. The summed E-state index contributed by atoms with van der Waals surface area (Å²) >= 11 is 0. The van der Waals surface area contributed by atoms with E-state index in [-0.39, 0.29) is 6.04 Å². The number of likely N-dealkylation sites (tertiary alicyclic amines) is 1. The van der Waals surface area contributed by atoms with Crippen molar-refractivity contribution in [2.45, 2.75) is 50.2 Å². The van der Waals surface area contributed by atoms with Gasteiger partial charge in [-0.3, -0.25) is 0 Å². The summed E-state index contributed by atoms with van der Waals surface area (Å²) in [4.78, 5) is 16.9. The average Bonchev–Trinajstić information content (AvgIpc) is 3.41.